The van der Waals surface area contributed by atoms with Gasteiger partial charge in [-0.3, -0.25) is 4.79 Å². The molecule has 0 aliphatic rings. The molecule has 0 radical (unpaired) electrons. The zero-order chi connectivity index (χ0) is 11.7. The maximum absolute atomic E-state index is 12.3. The third kappa shape index (κ3) is 1.67. The number of benzene rings is 1. The molecule has 2 nitrogen and oxygen atoms in total. The van der Waals surface area contributed by atoms with E-state index in [-0.39, 0.29) is 5.78 Å². The lowest BCUT2D eigenvalue weighted by molar-refractivity contribution is 0.103. The van der Waals surface area contributed by atoms with Gasteiger partial charge in [-0.2, -0.15) is 0 Å². The van der Waals surface area contributed by atoms with Crippen LogP contribution in [0.4, 0.5) is 0 Å². The number of aromatic nitrogens is 1. The number of aromatic amines is 1. The molecule has 0 aliphatic heterocycles. The van der Waals surface area contributed by atoms with Crippen molar-refractivity contribution >= 4 is 5.78 Å². The Bertz CT molecular complexity index is 523. The van der Waals surface area contributed by atoms with E-state index in [1.54, 1.807) is 0 Å². The van der Waals surface area contributed by atoms with Crippen molar-refractivity contribution in [1.29, 1.82) is 0 Å². The fourth-order valence-electron chi connectivity index (χ4n) is 1.98. The molecule has 0 atom stereocenters. The monoisotopic (exact) mass is 213 g/mol. The van der Waals surface area contributed by atoms with E-state index >= 15 is 0 Å². The van der Waals surface area contributed by atoms with Gasteiger partial charge in [-0.15, -0.1) is 0 Å². The summed E-state index contributed by atoms with van der Waals surface area (Å²) in [5.74, 6) is 0.0972. The molecule has 0 bridgehead atoms. The van der Waals surface area contributed by atoms with Crippen molar-refractivity contribution in [2.24, 2.45) is 0 Å². The van der Waals surface area contributed by atoms with Gasteiger partial charge < -0.3 is 4.98 Å². The highest BCUT2D eigenvalue weighted by atomic mass is 16.1. The predicted octanol–water partition coefficient (Wildman–Crippen LogP) is 3.17. The van der Waals surface area contributed by atoms with Crippen LogP contribution >= 0.6 is 0 Å². The highest BCUT2D eigenvalue weighted by molar-refractivity contribution is 6.10. The average Bonchev–Trinajstić information content (AvgIpc) is 2.54. The molecule has 0 amide bonds. The fraction of sp³-hybridized carbons (Fsp3) is 0.214. The van der Waals surface area contributed by atoms with Gasteiger partial charge in [-0.25, -0.2) is 0 Å². The van der Waals surface area contributed by atoms with E-state index in [1.165, 1.54) is 0 Å². The molecule has 2 heteroatoms. The Morgan fingerprint density at radius 1 is 1.00 bits per heavy atom. The van der Waals surface area contributed by atoms with Crippen molar-refractivity contribution < 1.29 is 4.79 Å². The Morgan fingerprint density at radius 2 is 1.62 bits per heavy atom. The van der Waals surface area contributed by atoms with Crippen molar-refractivity contribution in [2.75, 3.05) is 0 Å². The van der Waals surface area contributed by atoms with E-state index in [0.717, 1.165) is 28.1 Å². The van der Waals surface area contributed by atoms with Gasteiger partial charge in [0.1, 0.15) is 0 Å². The third-order valence-electron chi connectivity index (χ3n) is 2.95. The maximum atomic E-state index is 12.3. The van der Waals surface area contributed by atoms with Crippen molar-refractivity contribution in [3.63, 3.8) is 0 Å². The van der Waals surface area contributed by atoms with Crippen LogP contribution in [0.2, 0.25) is 0 Å². The van der Waals surface area contributed by atoms with Gasteiger partial charge in [0.05, 0.1) is 0 Å². The van der Waals surface area contributed by atoms with Crippen LogP contribution in [0.5, 0.6) is 0 Å². The van der Waals surface area contributed by atoms with Gasteiger partial charge in [0.2, 0.25) is 0 Å². The first-order valence-corrected chi connectivity index (χ1v) is 5.36. The van der Waals surface area contributed by atoms with Crippen molar-refractivity contribution in [1.82, 2.24) is 4.98 Å². The Labute approximate surface area is 95.3 Å². The lowest BCUT2D eigenvalue weighted by Crippen LogP contribution is -2.03. The number of nitrogens with one attached hydrogen (secondary N) is 1. The summed E-state index contributed by atoms with van der Waals surface area (Å²) in [5.41, 5.74) is 4.61. The fourth-order valence-corrected chi connectivity index (χ4v) is 1.98. The first-order valence-electron chi connectivity index (χ1n) is 5.36. The van der Waals surface area contributed by atoms with Gasteiger partial charge in [-0.1, -0.05) is 30.3 Å². The number of H-pyrrole nitrogens is 1. The molecule has 0 fully saturated rings. The second-order valence-corrected chi connectivity index (χ2v) is 4.07. The SMILES string of the molecule is Cc1[nH]c(C)c(C(=O)c2ccccc2)c1C. The normalized spacial score (nSPS) is 10.4. The van der Waals surface area contributed by atoms with Gasteiger partial charge in [0.15, 0.2) is 5.78 Å². The molecule has 1 N–H and O–H groups in total. The molecule has 1 heterocycles. The summed E-state index contributed by atoms with van der Waals surface area (Å²) >= 11 is 0. The minimum absolute atomic E-state index is 0.0972. The van der Waals surface area contributed by atoms with E-state index in [1.807, 2.05) is 51.1 Å². The van der Waals surface area contributed by atoms with Gasteiger partial charge in [-0.05, 0) is 26.3 Å². The molecule has 2 rings (SSSR count). The van der Waals surface area contributed by atoms with E-state index in [0.29, 0.717) is 0 Å². The average molecular weight is 213 g/mol. The van der Waals surface area contributed by atoms with Crippen LogP contribution in [-0.4, -0.2) is 10.8 Å². The summed E-state index contributed by atoms with van der Waals surface area (Å²) in [6.45, 7) is 5.91. The Kier molecular flexibility index (Phi) is 2.65. The second-order valence-electron chi connectivity index (χ2n) is 4.07. The number of carbonyl (C=O) groups is 1. The summed E-state index contributed by atoms with van der Waals surface area (Å²) < 4.78 is 0. The standard InChI is InChI=1S/C14H15NO/c1-9-10(2)15-11(3)13(9)14(16)12-7-5-4-6-8-12/h4-8,15H,1-3H3. The van der Waals surface area contributed by atoms with E-state index in [9.17, 15) is 4.79 Å². The Morgan fingerprint density at radius 3 is 2.12 bits per heavy atom. The van der Waals surface area contributed by atoms with Gasteiger partial charge in [0.25, 0.3) is 0 Å². The number of ketones is 1. The maximum Gasteiger partial charge on any atom is 0.195 e. The molecule has 0 saturated carbocycles. The highest BCUT2D eigenvalue weighted by Crippen LogP contribution is 2.20. The van der Waals surface area contributed by atoms with Crippen molar-refractivity contribution in [2.45, 2.75) is 20.8 Å². The first-order chi connectivity index (χ1) is 7.61. The van der Waals surface area contributed by atoms with Crippen LogP contribution < -0.4 is 0 Å². The summed E-state index contributed by atoms with van der Waals surface area (Å²) in [6, 6.07) is 9.39. The second kappa shape index (κ2) is 3.97. The van der Waals surface area contributed by atoms with E-state index < -0.39 is 0 Å². The minimum Gasteiger partial charge on any atom is -0.362 e. The molecular formula is C14H15NO. The van der Waals surface area contributed by atoms with Gasteiger partial charge in [0, 0.05) is 22.5 Å². The van der Waals surface area contributed by atoms with Gasteiger partial charge >= 0.3 is 0 Å². The number of aryl methyl sites for hydroxylation is 2. The molecule has 0 saturated heterocycles. The summed E-state index contributed by atoms with van der Waals surface area (Å²) in [7, 11) is 0. The zero-order valence-electron chi connectivity index (χ0n) is 9.79. The van der Waals surface area contributed by atoms with Crippen molar-refractivity contribution in [3.8, 4) is 0 Å². The predicted molar refractivity (Wildman–Crippen MR) is 64.9 cm³/mol. The molecule has 2 aromatic rings. The van der Waals surface area contributed by atoms with Crippen LogP contribution in [0, 0.1) is 20.8 Å². The summed E-state index contributed by atoms with van der Waals surface area (Å²) in [5, 5.41) is 0. The molecule has 1 aromatic carbocycles. The topological polar surface area (TPSA) is 32.9 Å². The molecular weight excluding hydrogens is 198 g/mol. The quantitative estimate of drug-likeness (QED) is 0.763. The first kappa shape index (κ1) is 10.7. The lowest BCUT2D eigenvalue weighted by atomic mass is 10.00. The number of rotatable bonds is 2. The summed E-state index contributed by atoms with van der Waals surface area (Å²) in [6.07, 6.45) is 0. The van der Waals surface area contributed by atoms with Crippen LogP contribution in [0.15, 0.2) is 30.3 Å². The van der Waals surface area contributed by atoms with Crippen LogP contribution in [-0.2, 0) is 0 Å². The van der Waals surface area contributed by atoms with Crippen LogP contribution in [0.25, 0.3) is 0 Å². The Balaban J connectivity index is 2.50. The number of hydrogen-bond acceptors (Lipinski definition) is 1. The molecule has 0 unspecified atom stereocenters. The molecule has 16 heavy (non-hydrogen) atoms. The molecule has 0 spiro atoms. The Hall–Kier alpha value is -1.83. The lowest BCUT2D eigenvalue weighted by Gasteiger charge is -2.01. The third-order valence-corrected chi connectivity index (χ3v) is 2.95. The smallest absolute Gasteiger partial charge is 0.195 e. The largest absolute Gasteiger partial charge is 0.362 e. The van der Waals surface area contributed by atoms with Crippen molar-refractivity contribution in [3.05, 3.63) is 58.4 Å². The summed E-state index contributed by atoms with van der Waals surface area (Å²) in [4.78, 5) is 15.5. The highest BCUT2D eigenvalue weighted by Gasteiger charge is 2.17. The minimum atomic E-state index is 0.0972. The van der Waals surface area contributed by atoms with E-state index in [4.69, 9.17) is 0 Å². The molecule has 82 valence electrons. The number of carbonyl (C=O) groups excluding carboxylic acids is 1. The van der Waals surface area contributed by atoms with Crippen LogP contribution in [0.3, 0.4) is 0 Å². The van der Waals surface area contributed by atoms with Crippen LogP contribution in [0.1, 0.15) is 32.9 Å². The van der Waals surface area contributed by atoms with E-state index in [2.05, 4.69) is 4.98 Å². The molecule has 1 aromatic heterocycles. The zero-order valence-corrected chi connectivity index (χ0v) is 9.79. The molecule has 0 aliphatic carbocycles. The number of hydrogen-bond donors (Lipinski definition) is 1.